The van der Waals surface area contributed by atoms with Gasteiger partial charge in [-0.3, -0.25) is 4.79 Å². The fourth-order valence-corrected chi connectivity index (χ4v) is 3.72. The lowest BCUT2D eigenvalue weighted by molar-refractivity contribution is -0.120. The largest absolute Gasteiger partial charge is 0.354 e. The van der Waals surface area contributed by atoms with Crippen molar-refractivity contribution in [2.45, 2.75) is 19.8 Å². The van der Waals surface area contributed by atoms with E-state index >= 15 is 0 Å². The number of hydrogen-bond donors (Lipinski definition) is 1. The Hall–Kier alpha value is -2.81. The quantitative estimate of drug-likeness (QED) is 0.759. The predicted octanol–water partition coefficient (Wildman–Crippen LogP) is 2.28. The molecular weight excluding hydrogens is 350 g/mol. The van der Waals surface area contributed by atoms with Crippen molar-refractivity contribution in [2.24, 2.45) is 5.92 Å². The van der Waals surface area contributed by atoms with E-state index in [1.54, 1.807) is 10.9 Å². The highest BCUT2D eigenvalue weighted by Crippen LogP contribution is 2.24. The predicted molar refractivity (Wildman–Crippen MR) is 99.6 cm³/mol. The SMILES string of the molecule is Cc1cc(NC(=O)[C@@H]2CCCN(c3ccc(-n4cccn4)nn3)C2)sn1. The van der Waals surface area contributed by atoms with E-state index in [1.165, 1.54) is 11.5 Å². The molecule has 1 amide bonds. The number of rotatable bonds is 4. The fraction of sp³-hybridized carbons (Fsp3) is 0.353. The molecule has 4 rings (SSSR count). The zero-order valence-electron chi connectivity index (χ0n) is 14.4. The average Bonchev–Trinajstić information content (AvgIpc) is 3.34. The number of piperidine rings is 1. The van der Waals surface area contributed by atoms with Gasteiger partial charge in [-0.1, -0.05) is 0 Å². The molecular formula is C17H19N7OS. The Kier molecular flexibility index (Phi) is 4.61. The lowest BCUT2D eigenvalue weighted by Crippen LogP contribution is -2.41. The molecule has 1 atom stereocenters. The second-order valence-electron chi connectivity index (χ2n) is 6.31. The Balaban J connectivity index is 1.42. The van der Waals surface area contributed by atoms with Crippen molar-refractivity contribution < 1.29 is 4.79 Å². The zero-order valence-corrected chi connectivity index (χ0v) is 15.2. The van der Waals surface area contributed by atoms with Gasteiger partial charge in [0, 0.05) is 25.5 Å². The van der Waals surface area contributed by atoms with Crippen LogP contribution in [0.1, 0.15) is 18.5 Å². The van der Waals surface area contributed by atoms with E-state index in [4.69, 9.17) is 0 Å². The van der Waals surface area contributed by atoms with Crippen LogP contribution in [-0.2, 0) is 4.79 Å². The number of carbonyl (C=O) groups is 1. The van der Waals surface area contributed by atoms with Crippen LogP contribution in [0.4, 0.5) is 10.8 Å². The van der Waals surface area contributed by atoms with Gasteiger partial charge in [0.25, 0.3) is 0 Å². The van der Waals surface area contributed by atoms with Crippen LogP contribution in [0.5, 0.6) is 0 Å². The van der Waals surface area contributed by atoms with Crippen molar-refractivity contribution in [3.63, 3.8) is 0 Å². The van der Waals surface area contributed by atoms with E-state index in [9.17, 15) is 4.79 Å². The minimum atomic E-state index is -0.0706. The van der Waals surface area contributed by atoms with Crippen LogP contribution in [0.15, 0.2) is 36.7 Å². The summed E-state index contributed by atoms with van der Waals surface area (Å²) in [6.45, 7) is 3.43. The first-order valence-electron chi connectivity index (χ1n) is 8.52. The van der Waals surface area contributed by atoms with Gasteiger partial charge in [0.05, 0.1) is 11.6 Å². The maximum Gasteiger partial charge on any atom is 0.229 e. The number of amides is 1. The molecule has 134 valence electrons. The van der Waals surface area contributed by atoms with Crippen molar-refractivity contribution in [2.75, 3.05) is 23.3 Å². The number of aryl methyl sites for hydroxylation is 1. The number of carbonyl (C=O) groups excluding carboxylic acids is 1. The summed E-state index contributed by atoms with van der Waals surface area (Å²) in [5.41, 5.74) is 0.920. The highest BCUT2D eigenvalue weighted by Gasteiger charge is 2.27. The van der Waals surface area contributed by atoms with Gasteiger partial charge >= 0.3 is 0 Å². The molecule has 4 heterocycles. The molecule has 1 N–H and O–H groups in total. The highest BCUT2D eigenvalue weighted by atomic mass is 32.1. The Bertz CT molecular complexity index is 875. The summed E-state index contributed by atoms with van der Waals surface area (Å²) in [4.78, 5) is 14.7. The van der Waals surface area contributed by atoms with Crippen LogP contribution >= 0.6 is 11.5 Å². The molecule has 3 aromatic heterocycles. The summed E-state index contributed by atoms with van der Waals surface area (Å²) in [5, 5.41) is 16.5. The normalized spacial score (nSPS) is 17.3. The highest BCUT2D eigenvalue weighted by molar-refractivity contribution is 7.10. The third kappa shape index (κ3) is 3.57. The van der Waals surface area contributed by atoms with E-state index in [2.05, 4.69) is 29.9 Å². The number of anilines is 2. The van der Waals surface area contributed by atoms with Crippen LogP contribution in [0, 0.1) is 12.8 Å². The molecule has 26 heavy (non-hydrogen) atoms. The third-order valence-corrected chi connectivity index (χ3v) is 5.16. The summed E-state index contributed by atoms with van der Waals surface area (Å²) in [6, 6.07) is 7.55. The van der Waals surface area contributed by atoms with Gasteiger partial charge in [-0.05, 0) is 55.6 Å². The molecule has 1 fully saturated rings. The lowest BCUT2D eigenvalue weighted by Gasteiger charge is -2.32. The van der Waals surface area contributed by atoms with Crippen molar-refractivity contribution in [3.05, 3.63) is 42.4 Å². The molecule has 8 nitrogen and oxygen atoms in total. The maximum absolute atomic E-state index is 12.6. The minimum Gasteiger partial charge on any atom is -0.354 e. The molecule has 0 saturated carbocycles. The third-order valence-electron chi connectivity index (χ3n) is 4.37. The molecule has 0 aliphatic carbocycles. The summed E-state index contributed by atoms with van der Waals surface area (Å²) in [6.07, 6.45) is 5.35. The van der Waals surface area contributed by atoms with E-state index in [1.807, 2.05) is 37.4 Å². The summed E-state index contributed by atoms with van der Waals surface area (Å²) in [5.74, 6) is 1.43. The van der Waals surface area contributed by atoms with E-state index in [-0.39, 0.29) is 11.8 Å². The number of aromatic nitrogens is 5. The zero-order chi connectivity index (χ0) is 17.9. The van der Waals surface area contributed by atoms with Crippen LogP contribution in [0.25, 0.3) is 5.82 Å². The summed E-state index contributed by atoms with van der Waals surface area (Å²) < 4.78 is 5.86. The van der Waals surface area contributed by atoms with Crippen molar-refractivity contribution in [1.29, 1.82) is 0 Å². The Morgan fingerprint density at radius 3 is 2.85 bits per heavy atom. The van der Waals surface area contributed by atoms with Crippen molar-refractivity contribution in [1.82, 2.24) is 24.4 Å². The van der Waals surface area contributed by atoms with Gasteiger partial charge in [-0.25, -0.2) is 4.68 Å². The molecule has 1 aliphatic heterocycles. The molecule has 3 aromatic rings. The standard InChI is InChI=1S/C17H19N7OS/c1-12-10-16(26-22-12)19-17(25)13-4-2-8-23(11-13)14-5-6-15(21-20-14)24-9-3-7-18-24/h3,5-7,9-10,13H,2,4,8,11H2,1H3,(H,19,25)/t13-/m1/s1. The van der Waals surface area contributed by atoms with Crippen LogP contribution in [0.3, 0.4) is 0 Å². The molecule has 0 aromatic carbocycles. The maximum atomic E-state index is 12.6. The number of hydrogen-bond acceptors (Lipinski definition) is 7. The molecule has 0 radical (unpaired) electrons. The first kappa shape index (κ1) is 16.6. The van der Waals surface area contributed by atoms with Crippen LogP contribution in [-0.4, -0.2) is 43.3 Å². The van der Waals surface area contributed by atoms with E-state index in [0.29, 0.717) is 12.4 Å². The number of nitrogens with one attached hydrogen (secondary N) is 1. The second kappa shape index (κ2) is 7.20. The van der Waals surface area contributed by atoms with Gasteiger partial charge in [-0.2, -0.15) is 9.47 Å². The van der Waals surface area contributed by atoms with Crippen LogP contribution in [0.2, 0.25) is 0 Å². The first-order chi connectivity index (χ1) is 12.7. The average molecular weight is 369 g/mol. The summed E-state index contributed by atoms with van der Waals surface area (Å²) in [7, 11) is 0. The van der Waals surface area contributed by atoms with E-state index in [0.717, 1.165) is 35.9 Å². The van der Waals surface area contributed by atoms with Gasteiger partial charge in [0.2, 0.25) is 5.91 Å². The first-order valence-corrected chi connectivity index (χ1v) is 9.29. The Morgan fingerprint density at radius 1 is 1.31 bits per heavy atom. The van der Waals surface area contributed by atoms with Crippen LogP contribution < -0.4 is 10.2 Å². The molecule has 9 heteroatoms. The second-order valence-corrected chi connectivity index (χ2v) is 7.11. The van der Waals surface area contributed by atoms with Gasteiger partial charge in [0.1, 0.15) is 5.00 Å². The molecule has 1 saturated heterocycles. The van der Waals surface area contributed by atoms with Gasteiger partial charge in [0.15, 0.2) is 11.6 Å². The van der Waals surface area contributed by atoms with Crippen molar-refractivity contribution >= 4 is 28.3 Å². The van der Waals surface area contributed by atoms with Gasteiger partial charge in [-0.15, -0.1) is 10.2 Å². The molecule has 0 unspecified atom stereocenters. The molecule has 0 spiro atoms. The molecule has 0 bridgehead atoms. The molecule has 1 aliphatic rings. The monoisotopic (exact) mass is 369 g/mol. The minimum absolute atomic E-state index is 0.0412. The smallest absolute Gasteiger partial charge is 0.229 e. The number of nitrogens with zero attached hydrogens (tertiary/aromatic N) is 6. The Labute approximate surface area is 155 Å². The topological polar surface area (TPSA) is 88.8 Å². The lowest BCUT2D eigenvalue weighted by atomic mass is 9.97. The van der Waals surface area contributed by atoms with Gasteiger partial charge < -0.3 is 10.2 Å². The summed E-state index contributed by atoms with van der Waals surface area (Å²) >= 11 is 1.31. The fourth-order valence-electron chi connectivity index (χ4n) is 3.06. The van der Waals surface area contributed by atoms with Crippen molar-refractivity contribution in [3.8, 4) is 5.82 Å². The van der Waals surface area contributed by atoms with E-state index < -0.39 is 0 Å². The Morgan fingerprint density at radius 2 is 2.15 bits per heavy atom.